The van der Waals surface area contributed by atoms with Crippen molar-refractivity contribution >= 4 is 17.9 Å². The van der Waals surface area contributed by atoms with Crippen molar-refractivity contribution in [1.29, 1.82) is 0 Å². The van der Waals surface area contributed by atoms with E-state index in [1.54, 1.807) is 0 Å². The van der Waals surface area contributed by atoms with E-state index in [1.807, 2.05) is 0 Å². The summed E-state index contributed by atoms with van der Waals surface area (Å²) in [5.74, 6) is -3.51. The minimum absolute atomic E-state index is 0.0753. The van der Waals surface area contributed by atoms with Crippen molar-refractivity contribution in [2.45, 2.75) is 19.4 Å². The van der Waals surface area contributed by atoms with Crippen LogP contribution in [0.4, 0.5) is 0 Å². The van der Waals surface area contributed by atoms with Gasteiger partial charge in [0.25, 0.3) is 0 Å². The second kappa shape index (κ2) is 7.37. The van der Waals surface area contributed by atoms with Crippen molar-refractivity contribution in [3.8, 4) is 0 Å². The molecule has 1 unspecified atom stereocenters. The number of rotatable bonds is 7. The lowest BCUT2D eigenvalue weighted by Crippen LogP contribution is -2.17. The van der Waals surface area contributed by atoms with Crippen LogP contribution in [0.25, 0.3) is 0 Å². The molecule has 0 heterocycles. The van der Waals surface area contributed by atoms with Crippen LogP contribution in [-0.4, -0.2) is 39.8 Å². The van der Waals surface area contributed by atoms with E-state index in [-0.39, 0.29) is 24.2 Å². The maximum atomic E-state index is 11.4. The zero-order chi connectivity index (χ0) is 16.9. The highest BCUT2D eigenvalue weighted by atomic mass is 16.5. The summed E-state index contributed by atoms with van der Waals surface area (Å²) in [6.07, 6.45) is 0.0769. The van der Waals surface area contributed by atoms with Gasteiger partial charge in [-0.2, -0.15) is 0 Å². The van der Waals surface area contributed by atoms with Gasteiger partial charge >= 0.3 is 17.9 Å². The number of carboxylic acid groups (broad SMARTS) is 2. The number of carboxylic acids is 2. The standard InChI is InChI=1S/C15H16O7/c1-3-12(17)22-8(2)9-4-5-11(14(18)19)13(15(20)21)10(9)6-7-16/h3-5,8,16H,1,6-7H2,2H3,(H,18,19)(H,20,21). The molecule has 7 heteroatoms. The summed E-state index contributed by atoms with van der Waals surface area (Å²) < 4.78 is 5.03. The van der Waals surface area contributed by atoms with Gasteiger partial charge in [0.05, 0.1) is 11.1 Å². The van der Waals surface area contributed by atoms with Crippen molar-refractivity contribution in [2.24, 2.45) is 0 Å². The molecule has 0 aliphatic carbocycles. The fourth-order valence-corrected chi connectivity index (χ4v) is 2.13. The van der Waals surface area contributed by atoms with Crippen LogP contribution in [0.5, 0.6) is 0 Å². The Morgan fingerprint density at radius 2 is 1.91 bits per heavy atom. The highest BCUT2D eigenvalue weighted by Crippen LogP contribution is 2.27. The number of esters is 1. The lowest BCUT2D eigenvalue weighted by atomic mass is 9.91. The van der Waals surface area contributed by atoms with Crippen molar-refractivity contribution in [2.75, 3.05) is 6.61 Å². The van der Waals surface area contributed by atoms with E-state index < -0.39 is 29.6 Å². The number of carbonyl (C=O) groups excluding carboxylic acids is 1. The summed E-state index contributed by atoms with van der Waals surface area (Å²) in [7, 11) is 0. The third-order valence-corrected chi connectivity index (χ3v) is 3.05. The summed E-state index contributed by atoms with van der Waals surface area (Å²) in [4.78, 5) is 33.8. The van der Waals surface area contributed by atoms with Gasteiger partial charge in [-0.05, 0) is 30.5 Å². The van der Waals surface area contributed by atoms with E-state index in [1.165, 1.54) is 13.0 Å². The molecule has 1 rings (SSSR count). The van der Waals surface area contributed by atoms with Crippen molar-refractivity contribution in [3.63, 3.8) is 0 Å². The molecular formula is C15H16O7. The molecule has 7 nitrogen and oxygen atoms in total. The Morgan fingerprint density at radius 3 is 2.36 bits per heavy atom. The molecule has 118 valence electrons. The minimum atomic E-state index is -1.43. The molecule has 3 N–H and O–H groups in total. The van der Waals surface area contributed by atoms with Gasteiger partial charge in [-0.1, -0.05) is 12.6 Å². The molecule has 0 amide bonds. The van der Waals surface area contributed by atoms with Crippen LogP contribution in [0.3, 0.4) is 0 Å². The molecule has 1 aromatic carbocycles. The van der Waals surface area contributed by atoms with Gasteiger partial charge in [0.1, 0.15) is 6.10 Å². The third-order valence-electron chi connectivity index (χ3n) is 3.05. The molecule has 0 bridgehead atoms. The molecule has 0 saturated carbocycles. The average Bonchev–Trinajstić information content (AvgIpc) is 2.46. The predicted molar refractivity (Wildman–Crippen MR) is 75.9 cm³/mol. The van der Waals surface area contributed by atoms with Crippen LogP contribution in [0, 0.1) is 0 Å². The van der Waals surface area contributed by atoms with Gasteiger partial charge in [-0.3, -0.25) is 0 Å². The van der Waals surface area contributed by atoms with Gasteiger partial charge in [0.15, 0.2) is 0 Å². The van der Waals surface area contributed by atoms with Gasteiger partial charge in [-0.25, -0.2) is 14.4 Å². The minimum Gasteiger partial charge on any atom is -0.478 e. The van der Waals surface area contributed by atoms with Crippen molar-refractivity contribution in [3.05, 3.63) is 47.0 Å². The highest BCUT2D eigenvalue weighted by molar-refractivity contribution is 6.03. The Balaban J connectivity index is 3.48. The van der Waals surface area contributed by atoms with Gasteiger partial charge in [0.2, 0.25) is 0 Å². The molecule has 1 atom stereocenters. The molecular weight excluding hydrogens is 292 g/mol. The first-order valence-corrected chi connectivity index (χ1v) is 6.39. The van der Waals surface area contributed by atoms with Crippen LogP contribution in [0.1, 0.15) is 44.9 Å². The molecule has 0 spiro atoms. The van der Waals surface area contributed by atoms with E-state index >= 15 is 0 Å². The van der Waals surface area contributed by atoms with Crippen LogP contribution in [-0.2, 0) is 16.0 Å². The Morgan fingerprint density at radius 1 is 1.27 bits per heavy atom. The monoisotopic (exact) mass is 308 g/mol. The second-order valence-electron chi connectivity index (χ2n) is 4.42. The molecule has 0 saturated heterocycles. The van der Waals surface area contributed by atoms with E-state index in [2.05, 4.69) is 6.58 Å². The lowest BCUT2D eigenvalue weighted by molar-refractivity contribution is -0.142. The van der Waals surface area contributed by atoms with Gasteiger partial charge in [0, 0.05) is 12.7 Å². The maximum Gasteiger partial charge on any atom is 0.336 e. The fraction of sp³-hybridized carbons (Fsp3) is 0.267. The zero-order valence-corrected chi connectivity index (χ0v) is 11.9. The SMILES string of the molecule is C=CC(=O)OC(C)c1ccc(C(=O)O)c(C(=O)O)c1CCO. The summed E-state index contributed by atoms with van der Waals surface area (Å²) in [5.41, 5.74) is -0.353. The molecule has 0 aromatic heterocycles. The number of ether oxygens (including phenoxy) is 1. The Labute approximate surface area is 126 Å². The number of aromatic carboxylic acids is 2. The number of hydrogen-bond acceptors (Lipinski definition) is 5. The summed E-state index contributed by atoms with van der Waals surface area (Å²) >= 11 is 0. The predicted octanol–water partition coefficient (Wildman–Crippen LogP) is 1.41. The van der Waals surface area contributed by atoms with E-state index in [4.69, 9.17) is 14.9 Å². The Hall–Kier alpha value is -2.67. The number of benzene rings is 1. The van der Waals surface area contributed by atoms with E-state index in [0.717, 1.165) is 12.1 Å². The summed E-state index contributed by atoms with van der Waals surface area (Å²) in [6, 6.07) is 2.52. The number of carbonyl (C=O) groups is 3. The van der Waals surface area contributed by atoms with Crippen molar-refractivity contribution < 1.29 is 34.4 Å². The van der Waals surface area contributed by atoms with E-state index in [9.17, 15) is 19.5 Å². The third kappa shape index (κ3) is 3.70. The van der Waals surface area contributed by atoms with Gasteiger partial charge in [-0.15, -0.1) is 0 Å². The maximum absolute atomic E-state index is 11.4. The fourth-order valence-electron chi connectivity index (χ4n) is 2.13. The highest BCUT2D eigenvalue weighted by Gasteiger charge is 2.25. The van der Waals surface area contributed by atoms with E-state index in [0.29, 0.717) is 5.56 Å². The van der Waals surface area contributed by atoms with Crippen LogP contribution >= 0.6 is 0 Å². The molecule has 0 fully saturated rings. The molecule has 1 aromatic rings. The second-order valence-corrected chi connectivity index (χ2v) is 4.42. The molecule has 0 aliphatic rings. The first-order chi connectivity index (χ1) is 10.3. The Bertz CT molecular complexity index is 619. The first-order valence-electron chi connectivity index (χ1n) is 6.39. The normalized spacial score (nSPS) is 11.5. The smallest absolute Gasteiger partial charge is 0.336 e. The average molecular weight is 308 g/mol. The van der Waals surface area contributed by atoms with Gasteiger partial charge < -0.3 is 20.1 Å². The van der Waals surface area contributed by atoms with Crippen LogP contribution < -0.4 is 0 Å². The summed E-state index contributed by atoms with van der Waals surface area (Å²) in [6.45, 7) is 4.40. The van der Waals surface area contributed by atoms with Crippen molar-refractivity contribution in [1.82, 2.24) is 0 Å². The molecule has 22 heavy (non-hydrogen) atoms. The number of hydrogen-bond donors (Lipinski definition) is 3. The first kappa shape index (κ1) is 17.4. The number of aliphatic hydroxyl groups excluding tert-OH is 1. The molecule has 0 aliphatic heterocycles. The largest absolute Gasteiger partial charge is 0.478 e. The van der Waals surface area contributed by atoms with Crippen LogP contribution in [0.2, 0.25) is 0 Å². The summed E-state index contributed by atoms with van der Waals surface area (Å²) in [5, 5.41) is 27.5. The zero-order valence-electron chi connectivity index (χ0n) is 11.9. The topological polar surface area (TPSA) is 121 Å². The molecule has 0 radical (unpaired) electrons. The Kier molecular flexibility index (Phi) is 5.82. The number of aliphatic hydroxyl groups is 1. The quantitative estimate of drug-likeness (QED) is 0.514. The van der Waals surface area contributed by atoms with Crippen LogP contribution in [0.15, 0.2) is 24.8 Å². The lowest BCUT2D eigenvalue weighted by Gasteiger charge is -2.19.